The number of nitrogens with one attached hydrogen (secondary N) is 4. The van der Waals surface area contributed by atoms with Crippen LogP contribution >= 0.6 is 11.6 Å². The summed E-state index contributed by atoms with van der Waals surface area (Å²) in [6, 6.07) is 17.9. The van der Waals surface area contributed by atoms with Gasteiger partial charge in [-0.05, 0) is 113 Å². The Morgan fingerprint density at radius 2 is 1.31 bits per heavy atom. The zero-order valence-electron chi connectivity index (χ0n) is 37.3. The highest BCUT2D eigenvalue weighted by Crippen LogP contribution is 2.27. The molecule has 0 radical (unpaired) electrons. The molecule has 1 heterocycles. The number of primary amides is 1. The highest BCUT2D eigenvalue weighted by Gasteiger charge is 2.34. The Morgan fingerprint density at radius 3 is 1.94 bits per heavy atom. The molecule has 0 bridgehead atoms. The van der Waals surface area contributed by atoms with E-state index in [-0.39, 0.29) is 29.7 Å². The Morgan fingerprint density at radius 1 is 0.687 bits per heavy atom. The van der Waals surface area contributed by atoms with Crippen molar-refractivity contribution in [2.24, 2.45) is 5.73 Å². The number of aromatic nitrogens is 1. The second kappa shape index (κ2) is 21.0. The van der Waals surface area contributed by atoms with E-state index >= 15 is 0 Å². The van der Waals surface area contributed by atoms with E-state index in [0.717, 1.165) is 39.6 Å². The molecule has 16 nitrogen and oxygen atoms in total. The molecule has 0 saturated heterocycles. The topological polar surface area (TPSA) is 226 Å². The van der Waals surface area contributed by atoms with Crippen molar-refractivity contribution in [1.82, 2.24) is 20.5 Å². The van der Waals surface area contributed by atoms with Gasteiger partial charge in [0.15, 0.2) is 0 Å². The van der Waals surface area contributed by atoms with Crippen molar-refractivity contribution in [3.8, 4) is 5.75 Å². The van der Waals surface area contributed by atoms with E-state index in [1.165, 1.54) is 24.3 Å². The van der Waals surface area contributed by atoms with Gasteiger partial charge in [0.25, 0.3) is 5.91 Å². The Labute approximate surface area is 388 Å². The van der Waals surface area contributed by atoms with Crippen LogP contribution in [0.4, 0.5) is 23.7 Å². The molecule has 0 aliphatic carbocycles. The van der Waals surface area contributed by atoms with Gasteiger partial charge in [0, 0.05) is 28.9 Å². The van der Waals surface area contributed by atoms with Crippen molar-refractivity contribution in [1.29, 1.82) is 0 Å². The predicted molar refractivity (Wildman–Crippen MR) is 242 cm³/mol. The Balaban J connectivity index is 1.46. The minimum absolute atomic E-state index is 0.0147. The maximum absolute atomic E-state index is 14.4. The first-order valence-electron chi connectivity index (χ1n) is 20.8. The largest absolute Gasteiger partial charge is 0.573 e. The molecule has 0 aliphatic rings. The first kappa shape index (κ1) is 50.8. The van der Waals surface area contributed by atoms with Gasteiger partial charge in [-0.15, -0.1) is 13.2 Å². The van der Waals surface area contributed by atoms with Crippen LogP contribution in [0.15, 0.2) is 91.0 Å². The number of carbonyl (C=O) groups is 7. The minimum Gasteiger partial charge on any atom is -0.460 e. The third kappa shape index (κ3) is 15.2. The van der Waals surface area contributed by atoms with E-state index in [1.54, 1.807) is 53.7 Å². The Hall–Kier alpha value is -7.15. The summed E-state index contributed by atoms with van der Waals surface area (Å²) >= 11 is 6.25. The normalized spacial score (nSPS) is 13.2. The molecule has 5 aromatic rings. The number of amides is 5. The van der Waals surface area contributed by atoms with Crippen LogP contribution < -0.4 is 31.7 Å². The first-order chi connectivity index (χ1) is 31.2. The highest BCUT2D eigenvalue weighted by atomic mass is 35.5. The molecule has 1 aromatic heterocycles. The first-order valence-corrected chi connectivity index (χ1v) is 21.2. The van der Waals surface area contributed by atoms with Crippen LogP contribution in [0.25, 0.3) is 21.7 Å². The number of benzene rings is 4. The fourth-order valence-electron chi connectivity index (χ4n) is 6.75. The molecule has 0 spiro atoms. The summed E-state index contributed by atoms with van der Waals surface area (Å²) in [6.45, 7) is 9.78. The van der Waals surface area contributed by atoms with Gasteiger partial charge in [-0.3, -0.25) is 28.8 Å². The molecular weight excluding hydrogens is 901 g/mol. The van der Waals surface area contributed by atoms with E-state index in [2.05, 4.69) is 26.0 Å². The lowest BCUT2D eigenvalue weighted by atomic mass is 10.0. The van der Waals surface area contributed by atoms with Gasteiger partial charge >= 0.3 is 18.4 Å². The smallest absolute Gasteiger partial charge is 0.460 e. The third-order valence-electron chi connectivity index (χ3n) is 9.53. The summed E-state index contributed by atoms with van der Waals surface area (Å²) in [4.78, 5) is 95.2. The average Bonchev–Trinajstić information content (AvgIpc) is 3.59. The monoisotopic (exact) mass is 950 g/mol. The van der Waals surface area contributed by atoms with E-state index in [1.807, 2.05) is 30.3 Å². The van der Waals surface area contributed by atoms with E-state index < -0.39 is 95.9 Å². The lowest BCUT2D eigenvalue weighted by Gasteiger charge is -2.25. The van der Waals surface area contributed by atoms with E-state index in [0.29, 0.717) is 16.0 Å². The van der Waals surface area contributed by atoms with E-state index in [4.69, 9.17) is 26.8 Å². The molecule has 0 unspecified atom stereocenters. The summed E-state index contributed by atoms with van der Waals surface area (Å²) in [7, 11) is 0. The number of fused-ring (bicyclic) bond motifs is 2. The third-order valence-corrected chi connectivity index (χ3v) is 9.77. The van der Waals surface area contributed by atoms with Crippen LogP contribution in [-0.4, -0.2) is 81.9 Å². The average molecular weight is 951 g/mol. The number of alkyl halides is 3. The molecule has 20 heteroatoms. The molecule has 356 valence electrons. The molecule has 67 heavy (non-hydrogen) atoms. The molecule has 0 aliphatic heterocycles. The predicted octanol–water partition coefficient (Wildman–Crippen LogP) is 7.08. The quantitative estimate of drug-likeness (QED) is 0.0632. The Bertz CT molecular complexity index is 2670. The lowest BCUT2D eigenvalue weighted by molar-refractivity contribution is -0.274. The van der Waals surface area contributed by atoms with Crippen LogP contribution in [0.2, 0.25) is 5.02 Å². The van der Waals surface area contributed by atoms with Crippen molar-refractivity contribution in [2.75, 3.05) is 5.32 Å². The van der Waals surface area contributed by atoms with Gasteiger partial charge < -0.3 is 41.2 Å². The van der Waals surface area contributed by atoms with Gasteiger partial charge in [-0.25, -0.2) is 9.36 Å². The molecule has 4 aromatic carbocycles. The lowest BCUT2D eigenvalue weighted by Crippen LogP contribution is -2.57. The number of esters is 1. The number of hydrogen-bond donors (Lipinski definition) is 5. The number of anilines is 1. The minimum atomic E-state index is -4.97. The SMILES string of the molecule is CC(C)(C)OC(=O)CC[C@H](NC(=O)[C@H](CC(N)=O)NC(=O)[C@H](Cc1ccc2ccccc2c1)NC(=O)c1cc2cc(Cl)ccc2n1C(=O)OC(C)(C)C)C(=O)Nc1ccc(OC(F)(F)F)cc1. The maximum atomic E-state index is 14.4. The van der Waals surface area contributed by atoms with Gasteiger partial charge in [0.1, 0.15) is 40.8 Å². The van der Waals surface area contributed by atoms with Crippen molar-refractivity contribution in [3.63, 3.8) is 0 Å². The Kier molecular flexibility index (Phi) is 15.9. The molecule has 5 amide bonds. The second-order valence-electron chi connectivity index (χ2n) is 17.4. The molecule has 3 atom stereocenters. The summed E-state index contributed by atoms with van der Waals surface area (Å²) in [5, 5.41) is 12.4. The zero-order valence-corrected chi connectivity index (χ0v) is 38.1. The van der Waals surface area contributed by atoms with Crippen LogP contribution in [0.3, 0.4) is 0 Å². The van der Waals surface area contributed by atoms with Gasteiger partial charge in [-0.1, -0.05) is 54.1 Å². The number of rotatable bonds is 16. The summed E-state index contributed by atoms with van der Waals surface area (Å²) in [5.41, 5.74) is 4.25. The number of nitrogens with two attached hydrogens (primary N) is 1. The van der Waals surface area contributed by atoms with Crippen LogP contribution in [0, 0.1) is 0 Å². The van der Waals surface area contributed by atoms with Crippen molar-refractivity contribution in [3.05, 3.63) is 107 Å². The summed E-state index contributed by atoms with van der Waals surface area (Å²) in [5.74, 6) is -6.30. The highest BCUT2D eigenvalue weighted by molar-refractivity contribution is 6.31. The number of halogens is 4. The van der Waals surface area contributed by atoms with Gasteiger partial charge in [0.2, 0.25) is 23.6 Å². The molecule has 0 saturated carbocycles. The van der Waals surface area contributed by atoms with Crippen LogP contribution in [-0.2, 0) is 39.9 Å². The molecule has 0 fully saturated rings. The number of nitrogens with zero attached hydrogens (tertiary/aromatic N) is 1. The second-order valence-corrected chi connectivity index (χ2v) is 17.9. The number of hydrogen-bond acceptors (Lipinski definition) is 10. The summed E-state index contributed by atoms with van der Waals surface area (Å²) in [6.07, 6.45) is -7.65. The van der Waals surface area contributed by atoms with Crippen LogP contribution in [0.5, 0.6) is 5.75 Å². The van der Waals surface area contributed by atoms with Crippen molar-refractivity contribution >= 4 is 80.6 Å². The molecule has 5 rings (SSSR count). The van der Waals surface area contributed by atoms with Crippen molar-refractivity contribution < 1.29 is 60.9 Å². The fraction of sp³-hybridized carbons (Fsp3) is 0.340. The van der Waals surface area contributed by atoms with Crippen molar-refractivity contribution in [2.45, 2.75) is 103 Å². The molecular formula is C47H50ClF3N6O10. The number of carbonyl (C=O) groups excluding carboxylic acids is 7. The van der Waals surface area contributed by atoms with Gasteiger partial charge in [0.05, 0.1) is 11.9 Å². The summed E-state index contributed by atoms with van der Waals surface area (Å²) < 4.78 is 54.1. The number of ether oxygens (including phenoxy) is 3. The molecule has 6 N–H and O–H groups in total. The van der Waals surface area contributed by atoms with Crippen LogP contribution in [0.1, 0.15) is 76.9 Å². The van der Waals surface area contributed by atoms with Gasteiger partial charge in [-0.2, -0.15) is 0 Å². The standard InChI is InChI=1S/C47H50ClF3N6O10/c1-45(2,3)66-39(59)20-18-33(40(60)53-31-14-16-32(17-15-31)65-47(49,50)51)54-42(62)35(25-38(52)58)55-41(61)34(22-26-11-12-27-9-7-8-10-28(27)21-26)56-43(63)37-24-29-23-30(48)13-19-36(29)57(37)44(64)67-46(4,5)6/h7-17,19,21,23-24,33-35H,18,20,22,25H2,1-6H3,(H2,52,58)(H,53,60)(H,54,62)(H,55,61)(H,56,63)/t33-,34-,35-/m0/s1. The fourth-order valence-corrected chi connectivity index (χ4v) is 6.93. The maximum Gasteiger partial charge on any atom is 0.573 e. The van der Waals surface area contributed by atoms with E-state index in [9.17, 15) is 46.7 Å². The zero-order chi connectivity index (χ0) is 49.4.